The second-order valence-electron chi connectivity index (χ2n) is 3.61. The van der Waals surface area contributed by atoms with E-state index in [9.17, 15) is 13.2 Å². The van der Waals surface area contributed by atoms with Crippen LogP contribution in [0.5, 0.6) is 0 Å². The predicted octanol–water partition coefficient (Wildman–Crippen LogP) is 1.71. The fourth-order valence-corrected chi connectivity index (χ4v) is 3.23. The van der Waals surface area contributed by atoms with Crippen molar-refractivity contribution in [3.63, 3.8) is 0 Å². The van der Waals surface area contributed by atoms with Crippen LogP contribution in [0, 0.1) is 6.92 Å². The van der Waals surface area contributed by atoms with Crippen LogP contribution in [0.1, 0.15) is 18.1 Å². The molecule has 3 nitrogen and oxygen atoms in total. The molecule has 0 spiro atoms. The van der Waals surface area contributed by atoms with Crippen LogP contribution >= 0.6 is 0 Å². The summed E-state index contributed by atoms with van der Waals surface area (Å²) < 4.78 is 23.7. The third kappa shape index (κ3) is 1.41. The minimum Gasteiger partial charge on any atom is -0.294 e. The summed E-state index contributed by atoms with van der Waals surface area (Å²) in [5, 5.41) is 0. The van der Waals surface area contributed by atoms with Crippen molar-refractivity contribution in [2.24, 2.45) is 0 Å². The van der Waals surface area contributed by atoms with Crippen LogP contribution < -0.4 is 0 Å². The molecule has 78 valence electrons. The van der Waals surface area contributed by atoms with Crippen molar-refractivity contribution in [2.75, 3.05) is 0 Å². The van der Waals surface area contributed by atoms with E-state index in [0.717, 1.165) is 5.56 Å². The summed E-state index contributed by atoms with van der Waals surface area (Å²) in [4.78, 5) is 11.3. The van der Waals surface area contributed by atoms with Crippen molar-refractivity contribution in [3.8, 4) is 0 Å². The molecule has 0 N–H and O–H groups in total. The lowest BCUT2D eigenvalue weighted by molar-refractivity contribution is -0.112. The number of hydrogen-bond donors (Lipinski definition) is 0. The molecule has 0 saturated heterocycles. The highest BCUT2D eigenvalue weighted by Crippen LogP contribution is 2.33. The van der Waals surface area contributed by atoms with E-state index in [1.165, 1.54) is 13.0 Å². The van der Waals surface area contributed by atoms with Gasteiger partial charge in [-0.25, -0.2) is 8.42 Å². The van der Waals surface area contributed by atoms with E-state index < -0.39 is 15.6 Å². The van der Waals surface area contributed by atoms with Crippen molar-refractivity contribution in [3.05, 3.63) is 34.2 Å². The molecule has 0 atom stereocenters. The van der Waals surface area contributed by atoms with Gasteiger partial charge in [0.05, 0.1) is 4.90 Å². The first-order valence-electron chi connectivity index (χ1n) is 4.51. The van der Waals surface area contributed by atoms with Crippen LogP contribution in [-0.4, -0.2) is 14.2 Å². The number of Topliss-reactive ketones (excluding diaryl/α,β-unsaturated/α-hetero) is 1. The van der Waals surface area contributed by atoms with Gasteiger partial charge in [-0.15, -0.1) is 0 Å². The fraction of sp³-hybridized carbons (Fsp3) is 0.182. The Labute approximate surface area is 88.3 Å². The number of carbonyl (C=O) groups excluding carboxylic acids is 1. The first kappa shape index (κ1) is 10.1. The molecule has 0 unspecified atom stereocenters. The molecule has 0 saturated carbocycles. The zero-order valence-electron chi connectivity index (χ0n) is 8.44. The number of hydrogen-bond acceptors (Lipinski definition) is 3. The van der Waals surface area contributed by atoms with Crippen molar-refractivity contribution >= 4 is 21.7 Å². The molecule has 0 aliphatic carbocycles. The van der Waals surface area contributed by atoms with Gasteiger partial charge in [-0.1, -0.05) is 17.7 Å². The molecule has 0 bridgehead atoms. The molecule has 0 radical (unpaired) electrons. The molecular weight excluding hydrogens is 212 g/mol. The average molecular weight is 222 g/mol. The van der Waals surface area contributed by atoms with Gasteiger partial charge in [-0.2, -0.15) is 0 Å². The zero-order chi connectivity index (χ0) is 11.2. The quantitative estimate of drug-likeness (QED) is 0.726. The largest absolute Gasteiger partial charge is 0.294 e. The smallest absolute Gasteiger partial charge is 0.210 e. The van der Waals surface area contributed by atoms with Crippen LogP contribution in [0.4, 0.5) is 0 Å². The van der Waals surface area contributed by atoms with Gasteiger partial charge in [0.1, 0.15) is 4.91 Å². The maximum absolute atomic E-state index is 11.8. The molecule has 1 aliphatic rings. The van der Waals surface area contributed by atoms with Crippen LogP contribution in [0.3, 0.4) is 0 Å². The molecule has 1 aromatic rings. The van der Waals surface area contributed by atoms with Crippen molar-refractivity contribution in [2.45, 2.75) is 18.7 Å². The van der Waals surface area contributed by atoms with E-state index in [1.54, 1.807) is 18.2 Å². The number of carbonyl (C=O) groups is 1. The van der Waals surface area contributed by atoms with Gasteiger partial charge in [-0.3, -0.25) is 4.79 Å². The molecule has 1 aromatic carbocycles. The normalized spacial score (nSPS) is 17.1. The second kappa shape index (κ2) is 3.03. The van der Waals surface area contributed by atoms with Crippen LogP contribution in [0.25, 0.3) is 6.08 Å². The monoisotopic (exact) mass is 222 g/mol. The van der Waals surface area contributed by atoms with Crippen LogP contribution in [0.2, 0.25) is 0 Å². The molecule has 1 heterocycles. The van der Waals surface area contributed by atoms with Crippen molar-refractivity contribution < 1.29 is 13.2 Å². The number of sulfone groups is 1. The maximum Gasteiger partial charge on any atom is 0.210 e. The number of rotatable bonds is 1. The Morgan fingerprint density at radius 3 is 2.53 bits per heavy atom. The summed E-state index contributed by atoms with van der Waals surface area (Å²) >= 11 is 0. The Balaban J connectivity index is 2.74. The van der Waals surface area contributed by atoms with E-state index in [1.807, 2.05) is 6.92 Å². The molecular formula is C11H10O3S. The minimum atomic E-state index is -3.55. The van der Waals surface area contributed by atoms with E-state index in [2.05, 4.69) is 0 Å². The Bertz CT molecular complexity index is 580. The summed E-state index contributed by atoms with van der Waals surface area (Å²) in [5.74, 6) is -0.413. The van der Waals surface area contributed by atoms with Gasteiger partial charge in [0, 0.05) is 0 Å². The summed E-state index contributed by atoms with van der Waals surface area (Å²) in [7, 11) is -3.55. The van der Waals surface area contributed by atoms with Gasteiger partial charge in [0.2, 0.25) is 9.84 Å². The first-order valence-corrected chi connectivity index (χ1v) is 5.99. The lowest BCUT2D eigenvalue weighted by Crippen LogP contribution is -2.07. The number of fused-ring (bicyclic) bond motifs is 1. The zero-order valence-corrected chi connectivity index (χ0v) is 9.26. The Morgan fingerprint density at radius 1 is 1.27 bits per heavy atom. The SMILES string of the molecule is CC(=O)C1=Cc2cc(C)ccc2S1(=O)=O. The Hall–Kier alpha value is -1.42. The van der Waals surface area contributed by atoms with E-state index >= 15 is 0 Å². The van der Waals surface area contributed by atoms with E-state index in [-0.39, 0.29) is 9.80 Å². The van der Waals surface area contributed by atoms with Crippen LogP contribution in [-0.2, 0) is 14.6 Å². The molecule has 0 amide bonds. The van der Waals surface area contributed by atoms with Crippen molar-refractivity contribution in [1.82, 2.24) is 0 Å². The standard InChI is InChI=1S/C11H10O3S/c1-7-3-4-10-9(5-7)6-11(8(2)12)15(10,13)14/h3-6H,1-2H3. The predicted molar refractivity (Wildman–Crippen MR) is 57.0 cm³/mol. The summed E-state index contributed by atoms with van der Waals surface area (Å²) in [6.07, 6.45) is 1.44. The molecule has 15 heavy (non-hydrogen) atoms. The summed E-state index contributed by atoms with van der Waals surface area (Å²) in [6.45, 7) is 3.15. The second-order valence-corrected chi connectivity index (χ2v) is 5.50. The number of aryl methyl sites for hydroxylation is 1. The minimum absolute atomic E-state index is 0.108. The Morgan fingerprint density at radius 2 is 1.93 bits per heavy atom. The highest BCUT2D eigenvalue weighted by atomic mass is 32.2. The highest BCUT2D eigenvalue weighted by molar-refractivity contribution is 7.96. The fourth-order valence-electron chi connectivity index (χ4n) is 1.65. The topological polar surface area (TPSA) is 51.2 Å². The van der Waals surface area contributed by atoms with Gasteiger partial charge < -0.3 is 0 Å². The van der Waals surface area contributed by atoms with Gasteiger partial charge in [-0.05, 0) is 31.6 Å². The number of ketones is 1. The lowest BCUT2D eigenvalue weighted by Gasteiger charge is -2.00. The van der Waals surface area contributed by atoms with Crippen LogP contribution in [0.15, 0.2) is 28.0 Å². The molecule has 0 aromatic heterocycles. The van der Waals surface area contributed by atoms with Gasteiger partial charge in [0.25, 0.3) is 0 Å². The summed E-state index contributed by atoms with van der Waals surface area (Å²) in [5.41, 5.74) is 1.59. The molecule has 2 rings (SSSR count). The van der Waals surface area contributed by atoms with Gasteiger partial charge >= 0.3 is 0 Å². The third-order valence-electron chi connectivity index (χ3n) is 2.38. The Kier molecular flexibility index (Phi) is 2.04. The lowest BCUT2D eigenvalue weighted by atomic mass is 10.1. The highest BCUT2D eigenvalue weighted by Gasteiger charge is 2.31. The average Bonchev–Trinajstić information content (AvgIpc) is 2.37. The summed E-state index contributed by atoms with van der Waals surface area (Å²) in [6, 6.07) is 5.04. The molecule has 0 fully saturated rings. The third-order valence-corrected chi connectivity index (χ3v) is 4.31. The van der Waals surface area contributed by atoms with E-state index in [4.69, 9.17) is 0 Å². The molecule has 1 aliphatic heterocycles. The number of benzene rings is 1. The maximum atomic E-state index is 11.8. The molecule has 4 heteroatoms. The number of allylic oxidation sites excluding steroid dienone is 1. The van der Waals surface area contributed by atoms with E-state index in [0.29, 0.717) is 5.56 Å². The first-order chi connectivity index (χ1) is 6.93. The van der Waals surface area contributed by atoms with Gasteiger partial charge in [0.15, 0.2) is 5.78 Å². The van der Waals surface area contributed by atoms with Crippen molar-refractivity contribution in [1.29, 1.82) is 0 Å².